The van der Waals surface area contributed by atoms with Gasteiger partial charge in [0.15, 0.2) is 0 Å². The van der Waals surface area contributed by atoms with Crippen LogP contribution >= 0.6 is 0 Å². The molecule has 1 aliphatic carbocycles. The molecule has 1 heterocycles. The van der Waals surface area contributed by atoms with Gasteiger partial charge in [-0.15, -0.1) is 0 Å². The molecule has 1 unspecified atom stereocenters. The van der Waals surface area contributed by atoms with Crippen LogP contribution in [0.2, 0.25) is 0 Å². The molecule has 2 N–H and O–H groups in total. The van der Waals surface area contributed by atoms with Crippen molar-refractivity contribution in [1.82, 2.24) is 10.1 Å². The summed E-state index contributed by atoms with van der Waals surface area (Å²) in [7, 11) is 0. The smallest absolute Gasteiger partial charge is 0.244 e. The van der Waals surface area contributed by atoms with Crippen LogP contribution in [-0.4, -0.2) is 16.7 Å². The van der Waals surface area contributed by atoms with Gasteiger partial charge in [0, 0.05) is 6.61 Å². The SMILES string of the molecule is CCOC1(c2noc(C(N)C(C)(C)C)n2)CCCCCC1. The summed E-state index contributed by atoms with van der Waals surface area (Å²) in [6.07, 6.45) is 6.72. The summed E-state index contributed by atoms with van der Waals surface area (Å²) in [6, 6.07) is -0.261. The molecular formula is C16H29N3O2. The van der Waals surface area contributed by atoms with Crippen LogP contribution in [0.25, 0.3) is 0 Å². The number of ether oxygens (including phenoxy) is 1. The van der Waals surface area contributed by atoms with E-state index in [9.17, 15) is 0 Å². The van der Waals surface area contributed by atoms with Crippen molar-refractivity contribution < 1.29 is 9.26 Å². The van der Waals surface area contributed by atoms with Crippen molar-refractivity contribution in [2.45, 2.75) is 77.9 Å². The van der Waals surface area contributed by atoms with Crippen molar-refractivity contribution in [3.63, 3.8) is 0 Å². The van der Waals surface area contributed by atoms with Gasteiger partial charge < -0.3 is 15.0 Å². The third-order valence-electron chi connectivity index (χ3n) is 4.38. The first-order valence-electron chi connectivity index (χ1n) is 8.13. The maximum Gasteiger partial charge on any atom is 0.244 e. The van der Waals surface area contributed by atoms with E-state index in [2.05, 4.69) is 30.9 Å². The summed E-state index contributed by atoms with van der Waals surface area (Å²) < 4.78 is 11.5. The number of hydrogen-bond donors (Lipinski definition) is 1. The number of hydrogen-bond acceptors (Lipinski definition) is 5. The van der Waals surface area contributed by atoms with Crippen LogP contribution in [0.15, 0.2) is 4.52 Å². The molecule has 1 atom stereocenters. The molecule has 5 nitrogen and oxygen atoms in total. The van der Waals surface area contributed by atoms with Crippen molar-refractivity contribution in [3.8, 4) is 0 Å². The molecule has 1 aromatic heterocycles. The minimum atomic E-state index is -0.384. The van der Waals surface area contributed by atoms with E-state index < -0.39 is 0 Å². The fraction of sp³-hybridized carbons (Fsp3) is 0.875. The monoisotopic (exact) mass is 295 g/mol. The average Bonchev–Trinajstić information content (AvgIpc) is 2.79. The van der Waals surface area contributed by atoms with Gasteiger partial charge in [0.25, 0.3) is 0 Å². The number of rotatable bonds is 4. The molecule has 21 heavy (non-hydrogen) atoms. The highest BCUT2D eigenvalue weighted by Gasteiger charge is 2.39. The second-order valence-corrected chi connectivity index (χ2v) is 7.14. The predicted octanol–water partition coefficient (Wildman–Crippen LogP) is 3.70. The molecule has 120 valence electrons. The molecule has 2 rings (SSSR count). The normalized spacial score (nSPS) is 21.0. The molecule has 0 aliphatic heterocycles. The Kier molecular flexibility index (Phi) is 5.04. The Labute approximate surface area is 127 Å². The molecule has 1 aliphatic rings. The van der Waals surface area contributed by atoms with E-state index >= 15 is 0 Å². The molecule has 0 radical (unpaired) electrons. The zero-order chi connectivity index (χ0) is 15.5. The Morgan fingerprint density at radius 2 is 1.86 bits per heavy atom. The summed E-state index contributed by atoms with van der Waals surface area (Å²) in [5.41, 5.74) is 5.74. The van der Waals surface area contributed by atoms with Gasteiger partial charge in [0.05, 0.1) is 6.04 Å². The summed E-state index contributed by atoms with van der Waals surface area (Å²) >= 11 is 0. The van der Waals surface area contributed by atoms with E-state index in [1.807, 2.05) is 6.92 Å². The van der Waals surface area contributed by atoms with Gasteiger partial charge in [-0.3, -0.25) is 0 Å². The highest BCUT2D eigenvalue weighted by atomic mass is 16.5. The molecule has 0 amide bonds. The molecule has 1 aromatic rings. The second kappa shape index (κ2) is 6.44. The van der Waals surface area contributed by atoms with Crippen molar-refractivity contribution in [2.75, 3.05) is 6.61 Å². The minimum Gasteiger partial charge on any atom is -0.367 e. The highest BCUT2D eigenvalue weighted by molar-refractivity contribution is 5.05. The van der Waals surface area contributed by atoms with Crippen molar-refractivity contribution in [2.24, 2.45) is 11.1 Å². The third kappa shape index (κ3) is 3.64. The van der Waals surface area contributed by atoms with Crippen LogP contribution in [0.3, 0.4) is 0 Å². The van der Waals surface area contributed by atoms with E-state index in [4.69, 9.17) is 15.0 Å². The van der Waals surface area contributed by atoms with Crippen LogP contribution in [-0.2, 0) is 10.3 Å². The van der Waals surface area contributed by atoms with Crippen LogP contribution in [0.5, 0.6) is 0 Å². The average molecular weight is 295 g/mol. The van der Waals surface area contributed by atoms with Gasteiger partial charge in [-0.2, -0.15) is 4.98 Å². The Bertz CT molecular complexity index is 443. The maximum atomic E-state index is 6.23. The Morgan fingerprint density at radius 1 is 1.24 bits per heavy atom. The van der Waals surface area contributed by atoms with Crippen LogP contribution in [0.1, 0.15) is 84.0 Å². The third-order valence-corrected chi connectivity index (χ3v) is 4.38. The van der Waals surface area contributed by atoms with Crippen LogP contribution in [0.4, 0.5) is 0 Å². The highest BCUT2D eigenvalue weighted by Crippen LogP contribution is 2.39. The lowest BCUT2D eigenvalue weighted by Gasteiger charge is -2.29. The fourth-order valence-corrected chi connectivity index (χ4v) is 2.93. The quantitative estimate of drug-likeness (QED) is 0.857. The summed E-state index contributed by atoms with van der Waals surface area (Å²) in [6.45, 7) is 8.91. The molecule has 0 spiro atoms. The van der Waals surface area contributed by atoms with E-state index in [0.717, 1.165) is 25.7 Å². The Hall–Kier alpha value is -0.940. The topological polar surface area (TPSA) is 74.2 Å². The zero-order valence-corrected chi connectivity index (χ0v) is 13.8. The van der Waals surface area contributed by atoms with E-state index in [1.54, 1.807) is 0 Å². The van der Waals surface area contributed by atoms with Crippen molar-refractivity contribution >= 4 is 0 Å². The first kappa shape index (κ1) is 16.4. The molecule has 0 aromatic carbocycles. The number of nitrogens with zero attached hydrogens (tertiary/aromatic N) is 2. The molecule has 5 heteroatoms. The lowest BCUT2D eigenvalue weighted by molar-refractivity contribution is -0.0636. The predicted molar refractivity (Wildman–Crippen MR) is 81.7 cm³/mol. The van der Waals surface area contributed by atoms with Gasteiger partial charge >= 0.3 is 0 Å². The van der Waals surface area contributed by atoms with Gasteiger partial charge in [-0.25, -0.2) is 0 Å². The number of nitrogens with two attached hydrogens (primary N) is 1. The van der Waals surface area contributed by atoms with Gasteiger partial charge in [0.2, 0.25) is 11.7 Å². The van der Waals surface area contributed by atoms with Crippen LogP contribution in [0, 0.1) is 5.41 Å². The van der Waals surface area contributed by atoms with Crippen molar-refractivity contribution in [3.05, 3.63) is 11.7 Å². The molecular weight excluding hydrogens is 266 g/mol. The second-order valence-electron chi connectivity index (χ2n) is 7.14. The summed E-state index contributed by atoms with van der Waals surface area (Å²) in [5.74, 6) is 1.20. The number of aromatic nitrogens is 2. The standard InChI is InChI=1S/C16H29N3O2/c1-5-20-16(10-8-6-7-9-11-16)14-18-13(21-19-14)12(17)15(2,3)4/h12H,5-11,17H2,1-4H3. The van der Waals surface area contributed by atoms with Crippen molar-refractivity contribution in [1.29, 1.82) is 0 Å². The summed E-state index contributed by atoms with van der Waals surface area (Å²) in [5, 5.41) is 4.22. The molecule has 1 saturated carbocycles. The fourth-order valence-electron chi connectivity index (χ4n) is 2.93. The lowest BCUT2D eigenvalue weighted by atomic mass is 9.87. The van der Waals surface area contributed by atoms with Crippen LogP contribution < -0.4 is 5.73 Å². The van der Waals surface area contributed by atoms with E-state index in [-0.39, 0.29) is 17.1 Å². The van der Waals surface area contributed by atoms with E-state index in [1.165, 1.54) is 12.8 Å². The van der Waals surface area contributed by atoms with Gasteiger partial charge in [0.1, 0.15) is 5.60 Å². The zero-order valence-electron chi connectivity index (χ0n) is 13.8. The Morgan fingerprint density at radius 3 is 2.38 bits per heavy atom. The first-order valence-corrected chi connectivity index (χ1v) is 8.13. The van der Waals surface area contributed by atoms with E-state index in [0.29, 0.717) is 18.3 Å². The summed E-state index contributed by atoms with van der Waals surface area (Å²) in [4.78, 5) is 4.60. The molecule has 0 saturated heterocycles. The molecule has 1 fully saturated rings. The lowest BCUT2D eigenvalue weighted by Crippen LogP contribution is -2.31. The molecule has 0 bridgehead atoms. The largest absolute Gasteiger partial charge is 0.367 e. The van der Waals surface area contributed by atoms with Gasteiger partial charge in [-0.1, -0.05) is 51.6 Å². The first-order chi connectivity index (χ1) is 9.89. The Balaban J connectivity index is 2.27. The minimum absolute atomic E-state index is 0.105. The van der Waals surface area contributed by atoms with Gasteiger partial charge in [-0.05, 0) is 25.2 Å². The maximum absolute atomic E-state index is 6.23.